The highest BCUT2D eigenvalue weighted by Gasteiger charge is 2.27. The second-order valence-corrected chi connectivity index (χ2v) is 5.08. The molecule has 0 radical (unpaired) electrons. The fourth-order valence-electron chi connectivity index (χ4n) is 2.42. The molecule has 0 amide bonds. The Morgan fingerprint density at radius 3 is 2.65 bits per heavy atom. The monoisotopic (exact) mass is 250 g/mol. The summed E-state index contributed by atoms with van der Waals surface area (Å²) in [6, 6.07) is 5.44. The number of nitrogens with two attached hydrogens (primary N) is 1. The van der Waals surface area contributed by atoms with Crippen molar-refractivity contribution in [1.82, 2.24) is 4.90 Å². The summed E-state index contributed by atoms with van der Waals surface area (Å²) in [5.41, 5.74) is 7.79. The molecule has 1 atom stereocenters. The smallest absolute Gasteiger partial charge is 0.120 e. The quantitative estimate of drug-likeness (QED) is 0.807. The number of rotatable bonds is 3. The standard InChI is InChI=1S/C13H18N2OS/c1-9-4-5-11(16)10(8-9)12(13(14)17)15-6-2-3-7-15/h4-5,8,12,16H,2-3,6-7H2,1H3,(H2,14,17). The Hall–Kier alpha value is -1.13. The van der Waals surface area contributed by atoms with E-state index in [1.54, 1.807) is 6.07 Å². The Bertz CT molecular complexity index is 427. The van der Waals surface area contributed by atoms with Gasteiger partial charge in [-0.1, -0.05) is 29.9 Å². The number of nitrogens with zero attached hydrogens (tertiary/aromatic N) is 1. The van der Waals surface area contributed by atoms with E-state index in [0.717, 1.165) is 24.2 Å². The summed E-state index contributed by atoms with van der Waals surface area (Å²) in [5, 5.41) is 9.97. The number of thiocarbonyl (C=S) groups is 1. The van der Waals surface area contributed by atoms with Crippen molar-refractivity contribution in [3.63, 3.8) is 0 Å². The zero-order valence-corrected chi connectivity index (χ0v) is 10.8. The van der Waals surface area contributed by atoms with Gasteiger partial charge in [-0.3, -0.25) is 4.90 Å². The highest BCUT2D eigenvalue weighted by atomic mass is 32.1. The molecule has 2 rings (SSSR count). The second kappa shape index (κ2) is 5.02. The van der Waals surface area contributed by atoms with E-state index in [0.29, 0.717) is 4.99 Å². The lowest BCUT2D eigenvalue weighted by Gasteiger charge is -2.27. The first-order valence-corrected chi connectivity index (χ1v) is 6.33. The molecule has 0 saturated carbocycles. The van der Waals surface area contributed by atoms with Crippen molar-refractivity contribution in [2.45, 2.75) is 25.8 Å². The van der Waals surface area contributed by atoms with E-state index in [-0.39, 0.29) is 11.8 Å². The summed E-state index contributed by atoms with van der Waals surface area (Å²) >= 11 is 5.16. The van der Waals surface area contributed by atoms with Gasteiger partial charge in [0.2, 0.25) is 0 Å². The van der Waals surface area contributed by atoms with Crippen LogP contribution in [-0.4, -0.2) is 28.1 Å². The van der Waals surface area contributed by atoms with E-state index in [9.17, 15) is 5.11 Å². The maximum absolute atomic E-state index is 9.97. The van der Waals surface area contributed by atoms with Crippen LogP contribution < -0.4 is 5.73 Å². The Balaban J connectivity index is 2.37. The first kappa shape index (κ1) is 12.3. The molecule has 3 N–H and O–H groups in total. The van der Waals surface area contributed by atoms with Crippen LogP contribution >= 0.6 is 12.2 Å². The number of aromatic hydroxyl groups is 1. The molecule has 1 heterocycles. The van der Waals surface area contributed by atoms with Crippen molar-refractivity contribution in [2.75, 3.05) is 13.1 Å². The van der Waals surface area contributed by atoms with Crippen LogP contribution in [0.3, 0.4) is 0 Å². The highest BCUT2D eigenvalue weighted by Crippen LogP contribution is 2.32. The van der Waals surface area contributed by atoms with Gasteiger partial charge in [-0.05, 0) is 38.9 Å². The third-order valence-corrected chi connectivity index (χ3v) is 3.48. The number of likely N-dealkylation sites (tertiary alicyclic amines) is 1. The van der Waals surface area contributed by atoms with Crippen LogP contribution in [0.4, 0.5) is 0 Å². The minimum Gasteiger partial charge on any atom is -0.508 e. The molecule has 0 aliphatic carbocycles. The molecule has 1 saturated heterocycles. The van der Waals surface area contributed by atoms with Gasteiger partial charge in [-0.15, -0.1) is 0 Å². The zero-order chi connectivity index (χ0) is 12.4. The number of aryl methyl sites for hydroxylation is 1. The minimum atomic E-state index is -0.132. The molecule has 0 aromatic heterocycles. The average molecular weight is 250 g/mol. The maximum atomic E-state index is 9.97. The molecule has 3 nitrogen and oxygen atoms in total. The minimum absolute atomic E-state index is 0.132. The van der Waals surface area contributed by atoms with E-state index in [1.165, 1.54) is 12.8 Å². The van der Waals surface area contributed by atoms with Gasteiger partial charge in [0, 0.05) is 5.56 Å². The molecule has 1 unspecified atom stereocenters. The Morgan fingerprint density at radius 2 is 2.06 bits per heavy atom. The van der Waals surface area contributed by atoms with Crippen LogP contribution in [0.5, 0.6) is 5.75 Å². The third-order valence-electron chi connectivity index (χ3n) is 3.25. The molecule has 1 aliphatic heterocycles. The summed E-state index contributed by atoms with van der Waals surface area (Å²) in [6.45, 7) is 3.99. The van der Waals surface area contributed by atoms with E-state index in [4.69, 9.17) is 18.0 Å². The van der Waals surface area contributed by atoms with Gasteiger partial charge < -0.3 is 10.8 Å². The summed E-state index contributed by atoms with van der Waals surface area (Å²) in [4.78, 5) is 2.68. The normalized spacial score (nSPS) is 18.2. The SMILES string of the molecule is Cc1ccc(O)c(C(C(N)=S)N2CCCC2)c1. The van der Waals surface area contributed by atoms with Gasteiger partial charge in [0.25, 0.3) is 0 Å². The topological polar surface area (TPSA) is 49.5 Å². The van der Waals surface area contributed by atoms with Crippen LogP contribution in [-0.2, 0) is 0 Å². The summed E-state index contributed by atoms with van der Waals surface area (Å²) in [7, 11) is 0. The van der Waals surface area contributed by atoms with Crippen LogP contribution in [0.25, 0.3) is 0 Å². The Kier molecular flexibility index (Phi) is 3.64. The first-order valence-electron chi connectivity index (χ1n) is 5.92. The average Bonchev–Trinajstić information content (AvgIpc) is 2.76. The van der Waals surface area contributed by atoms with Crippen molar-refractivity contribution in [3.8, 4) is 5.75 Å². The molecule has 92 valence electrons. The Labute approximate surface area is 107 Å². The van der Waals surface area contributed by atoms with Gasteiger partial charge in [0.15, 0.2) is 0 Å². The largest absolute Gasteiger partial charge is 0.508 e. The molecule has 4 heteroatoms. The van der Waals surface area contributed by atoms with E-state index >= 15 is 0 Å². The Morgan fingerprint density at radius 1 is 1.41 bits per heavy atom. The van der Waals surface area contributed by atoms with Crippen molar-refractivity contribution >= 4 is 17.2 Å². The fraction of sp³-hybridized carbons (Fsp3) is 0.462. The number of phenolic OH excluding ortho intramolecular Hbond substituents is 1. The molecule has 1 fully saturated rings. The van der Waals surface area contributed by atoms with Gasteiger partial charge in [-0.2, -0.15) is 0 Å². The van der Waals surface area contributed by atoms with Gasteiger partial charge in [-0.25, -0.2) is 0 Å². The molecular weight excluding hydrogens is 232 g/mol. The predicted octanol–water partition coefficient (Wildman–Crippen LogP) is 2.12. The third kappa shape index (κ3) is 2.58. The van der Waals surface area contributed by atoms with Crippen LogP contribution in [0.15, 0.2) is 18.2 Å². The predicted molar refractivity (Wildman–Crippen MR) is 73.2 cm³/mol. The summed E-state index contributed by atoms with van der Waals surface area (Å²) < 4.78 is 0. The van der Waals surface area contributed by atoms with Gasteiger partial charge >= 0.3 is 0 Å². The number of hydrogen-bond acceptors (Lipinski definition) is 3. The molecule has 1 aromatic carbocycles. The number of phenols is 1. The molecule has 1 aliphatic rings. The van der Waals surface area contributed by atoms with Gasteiger partial charge in [0.1, 0.15) is 5.75 Å². The first-order chi connectivity index (χ1) is 8.09. The van der Waals surface area contributed by atoms with Crippen molar-refractivity contribution in [3.05, 3.63) is 29.3 Å². The molecule has 1 aromatic rings. The van der Waals surface area contributed by atoms with E-state index < -0.39 is 0 Å². The zero-order valence-electron chi connectivity index (χ0n) is 10.0. The maximum Gasteiger partial charge on any atom is 0.120 e. The van der Waals surface area contributed by atoms with Gasteiger partial charge in [0.05, 0.1) is 11.0 Å². The summed E-state index contributed by atoms with van der Waals surface area (Å²) in [6.07, 6.45) is 2.34. The van der Waals surface area contributed by atoms with E-state index in [1.807, 2.05) is 19.1 Å². The number of hydrogen-bond donors (Lipinski definition) is 2. The van der Waals surface area contributed by atoms with Crippen LogP contribution in [0.2, 0.25) is 0 Å². The van der Waals surface area contributed by atoms with E-state index in [2.05, 4.69) is 4.90 Å². The van der Waals surface area contributed by atoms with Crippen molar-refractivity contribution in [1.29, 1.82) is 0 Å². The molecular formula is C13H18N2OS. The lowest BCUT2D eigenvalue weighted by molar-refractivity contribution is 0.298. The second-order valence-electron chi connectivity index (χ2n) is 4.61. The lowest BCUT2D eigenvalue weighted by Crippen LogP contribution is -2.35. The molecule has 17 heavy (non-hydrogen) atoms. The highest BCUT2D eigenvalue weighted by molar-refractivity contribution is 7.80. The molecule has 0 bridgehead atoms. The summed E-state index contributed by atoms with van der Waals surface area (Å²) in [5.74, 6) is 0.278. The lowest BCUT2D eigenvalue weighted by atomic mass is 10.0. The van der Waals surface area contributed by atoms with Crippen molar-refractivity contribution < 1.29 is 5.11 Å². The fourth-order valence-corrected chi connectivity index (χ4v) is 2.70. The van der Waals surface area contributed by atoms with Crippen molar-refractivity contribution in [2.24, 2.45) is 5.73 Å². The number of benzene rings is 1. The molecule has 0 spiro atoms. The van der Waals surface area contributed by atoms with Crippen LogP contribution in [0.1, 0.15) is 30.0 Å². The van der Waals surface area contributed by atoms with Crippen LogP contribution in [0, 0.1) is 6.92 Å².